The number of hydrogen-bond donors (Lipinski definition) is 0. The Hall–Kier alpha value is -5.20. The van der Waals surface area contributed by atoms with Crippen molar-refractivity contribution in [1.29, 1.82) is 0 Å². The molecular formula is C41H24. The molecule has 0 aromatic heterocycles. The molecular weight excluding hydrogens is 492 g/mol. The standard InChI is InChI=1S/C41H24/c1-2-10-24-25(11-3-1)35-21-20-30(33-18-8-16-31(24)40(33)35)36-22-38-34-19-9-17-32-26-12-4-7-15-29(26)39(41(32)34)23-37(38)28-14-6-5-13-27(28)36/h2-23H,1H2. The summed E-state index contributed by atoms with van der Waals surface area (Å²) in [6.45, 7) is 0. The average molecular weight is 517 g/mol. The Morgan fingerprint density at radius 1 is 0.317 bits per heavy atom. The van der Waals surface area contributed by atoms with E-state index in [1.807, 2.05) is 0 Å². The maximum Gasteiger partial charge on any atom is -0.00199 e. The Balaban J connectivity index is 1.33. The van der Waals surface area contributed by atoms with Gasteiger partial charge in [-0.25, -0.2) is 0 Å². The smallest absolute Gasteiger partial charge is 0.00199 e. The summed E-state index contributed by atoms with van der Waals surface area (Å²) in [5.74, 6) is 0. The molecule has 7 aromatic carbocycles. The number of hydrogen-bond acceptors (Lipinski definition) is 0. The minimum atomic E-state index is 0.988. The van der Waals surface area contributed by atoms with Crippen LogP contribution in [0.4, 0.5) is 0 Å². The SMILES string of the molecule is C1=CC2=C(C=CC1)c1ccc(-c3cc4c5cccc6c5c(cc4c4ccccc34)-c3ccccc3-6)c3cccc2c13. The van der Waals surface area contributed by atoms with Crippen LogP contribution in [0.15, 0.2) is 133 Å². The molecule has 0 unspecified atom stereocenters. The summed E-state index contributed by atoms with van der Waals surface area (Å²) < 4.78 is 0. The molecule has 3 aliphatic carbocycles. The Morgan fingerprint density at radius 2 is 0.854 bits per heavy atom. The molecule has 0 heterocycles. The summed E-state index contributed by atoms with van der Waals surface area (Å²) >= 11 is 0. The predicted molar refractivity (Wildman–Crippen MR) is 176 cm³/mol. The molecule has 0 fully saturated rings. The van der Waals surface area contributed by atoms with Crippen molar-refractivity contribution in [2.75, 3.05) is 0 Å². The first-order chi connectivity index (χ1) is 20.4. The van der Waals surface area contributed by atoms with E-state index in [0.29, 0.717) is 0 Å². The van der Waals surface area contributed by atoms with Crippen LogP contribution in [0.2, 0.25) is 0 Å². The van der Waals surface area contributed by atoms with Crippen LogP contribution in [0.3, 0.4) is 0 Å². The first-order valence-corrected chi connectivity index (χ1v) is 14.5. The van der Waals surface area contributed by atoms with Gasteiger partial charge in [0.05, 0.1) is 0 Å². The Kier molecular flexibility index (Phi) is 4.06. The lowest BCUT2D eigenvalue weighted by Gasteiger charge is -2.16. The summed E-state index contributed by atoms with van der Waals surface area (Å²) in [6, 6.07) is 41.2. The summed E-state index contributed by atoms with van der Waals surface area (Å²) in [5, 5.41) is 10.7. The second-order valence-electron chi connectivity index (χ2n) is 11.5. The van der Waals surface area contributed by atoms with Crippen LogP contribution < -0.4 is 0 Å². The minimum absolute atomic E-state index is 0.988. The van der Waals surface area contributed by atoms with Crippen LogP contribution in [-0.2, 0) is 0 Å². The molecule has 0 atom stereocenters. The van der Waals surface area contributed by atoms with Crippen molar-refractivity contribution >= 4 is 54.2 Å². The molecule has 3 aliphatic rings. The first-order valence-electron chi connectivity index (χ1n) is 14.5. The average Bonchev–Trinajstić information content (AvgIpc) is 3.38. The number of allylic oxidation sites excluding steroid dienone is 6. The lowest BCUT2D eigenvalue weighted by atomic mass is 9.86. The van der Waals surface area contributed by atoms with Gasteiger partial charge in [0.25, 0.3) is 0 Å². The zero-order valence-electron chi connectivity index (χ0n) is 22.4. The third-order valence-corrected chi connectivity index (χ3v) is 9.55. The Morgan fingerprint density at radius 3 is 1.68 bits per heavy atom. The fourth-order valence-electron chi connectivity index (χ4n) is 7.86. The van der Waals surface area contributed by atoms with E-state index >= 15 is 0 Å². The Bertz CT molecular complexity index is 2400. The topological polar surface area (TPSA) is 0 Å². The van der Waals surface area contributed by atoms with Gasteiger partial charge in [0.2, 0.25) is 0 Å². The van der Waals surface area contributed by atoms with Gasteiger partial charge in [0.15, 0.2) is 0 Å². The third kappa shape index (κ3) is 2.70. The van der Waals surface area contributed by atoms with E-state index in [1.165, 1.54) is 98.7 Å². The van der Waals surface area contributed by atoms with Gasteiger partial charge in [-0.05, 0) is 117 Å². The van der Waals surface area contributed by atoms with E-state index in [1.54, 1.807) is 0 Å². The van der Waals surface area contributed by atoms with Crippen LogP contribution in [0.5, 0.6) is 0 Å². The second kappa shape index (κ2) is 7.71. The van der Waals surface area contributed by atoms with Crippen molar-refractivity contribution in [3.05, 3.63) is 145 Å². The molecule has 10 rings (SSSR count). The lowest BCUT2D eigenvalue weighted by Crippen LogP contribution is -1.90. The number of rotatable bonds is 1. The van der Waals surface area contributed by atoms with Crippen LogP contribution >= 0.6 is 0 Å². The van der Waals surface area contributed by atoms with Crippen LogP contribution in [-0.4, -0.2) is 0 Å². The van der Waals surface area contributed by atoms with Crippen LogP contribution in [0.1, 0.15) is 17.5 Å². The normalized spacial score (nSPS) is 14.4. The first kappa shape index (κ1) is 21.6. The Labute approximate surface area is 238 Å². The summed E-state index contributed by atoms with van der Waals surface area (Å²) in [7, 11) is 0. The van der Waals surface area contributed by atoms with Crippen molar-refractivity contribution in [2.24, 2.45) is 0 Å². The van der Waals surface area contributed by atoms with Crippen LogP contribution in [0.25, 0.3) is 87.6 Å². The third-order valence-electron chi connectivity index (χ3n) is 9.55. The van der Waals surface area contributed by atoms with E-state index in [9.17, 15) is 0 Å². The van der Waals surface area contributed by atoms with Gasteiger partial charge in [-0.3, -0.25) is 0 Å². The lowest BCUT2D eigenvalue weighted by molar-refractivity contribution is 1.41. The zero-order chi connectivity index (χ0) is 26.7. The maximum atomic E-state index is 2.47. The van der Waals surface area contributed by atoms with E-state index in [2.05, 4.69) is 133 Å². The van der Waals surface area contributed by atoms with E-state index in [-0.39, 0.29) is 0 Å². The van der Waals surface area contributed by atoms with Crippen LogP contribution in [0, 0.1) is 0 Å². The zero-order valence-corrected chi connectivity index (χ0v) is 22.4. The minimum Gasteiger partial charge on any atom is -0.0801 e. The van der Waals surface area contributed by atoms with Crippen molar-refractivity contribution in [2.45, 2.75) is 6.42 Å². The molecule has 0 spiro atoms. The van der Waals surface area contributed by atoms with Crippen molar-refractivity contribution in [1.82, 2.24) is 0 Å². The van der Waals surface area contributed by atoms with Gasteiger partial charge >= 0.3 is 0 Å². The van der Waals surface area contributed by atoms with Crippen molar-refractivity contribution in [3.8, 4) is 33.4 Å². The second-order valence-corrected chi connectivity index (χ2v) is 11.5. The van der Waals surface area contributed by atoms with Crippen molar-refractivity contribution in [3.63, 3.8) is 0 Å². The largest absolute Gasteiger partial charge is 0.0801 e. The molecule has 0 bridgehead atoms. The summed E-state index contributed by atoms with van der Waals surface area (Å²) in [5.41, 5.74) is 13.4. The highest BCUT2D eigenvalue weighted by atomic mass is 14.3. The molecule has 41 heavy (non-hydrogen) atoms. The van der Waals surface area contributed by atoms with Gasteiger partial charge in [-0.1, -0.05) is 121 Å². The van der Waals surface area contributed by atoms with E-state index in [0.717, 1.165) is 6.42 Å². The van der Waals surface area contributed by atoms with E-state index in [4.69, 9.17) is 0 Å². The monoisotopic (exact) mass is 516 g/mol. The van der Waals surface area contributed by atoms with Gasteiger partial charge in [0.1, 0.15) is 0 Å². The molecule has 7 aromatic rings. The van der Waals surface area contributed by atoms with Crippen molar-refractivity contribution < 1.29 is 0 Å². The molecule has 0 saturated heterocycles. The summed E-state index contributed by atoms with van der Waals surface area (Å²) in [6.07, 6.45) is 10.2. The van der Waals surface area contributed by atoms with Gasteiger partial charge < -0.3 is 0 Å². The molecule has 0 nitrogen and oxygen atoms in total. The highest BCUT2D eigenvalue weighted by molar-refractivity contribution is 6.29. The van der Waals surface area contributed by atoms with E-state index < -0.39 is 0 Å². The molecule has 0 aliphatic heterocycles. The predicted octanol–water partition coefficient (Wildman–Crippen LogP) is 11.4. The molecule has 0 radical (unpaired) electrons. The van der Waals surface area contributed by atoms with Gasteiger partial charge in [0, 0.05) is 0 Å². The fraction of sp³-hybridized carbons (Fsp3) is 0.0244. The quantitative estimate of drug-likeness (QED) is 0.190. The molecule has 0 saturated carbocycles. The van der Waals surface area contributed by atoms with Gasteiger partial charge in [-0.15, -0.1) is 0 Å². The molecule has 0 N–H and O–H groups in total. The highest BCUT2D eigenvalue weighted by Crippen LogP contribution is 2.52. The fourth-order valence-corrected chi connectivity index (χ4v) is 7.86. The molecule has 0 heteroatoms. The molecule has 188 valence electrons. The number of fused-ring (bicyclic) bond motifs is 9. The summed E-state index contributed by atoms with van der Waals surface area (Å²) in [4.78, 5) is 0. The molecule has 0 amide bonds. The maximum absolute atomic E-state index is 2.47. The number of benzene rings is 7. The van der Waals surface area contributed by atoms with Gasteiger partial charge in [-0.2, -0.15) is 0 Å². The highest BCUT2D eigenvalue weighted by Gasteiger charge is 2.26.